The van der Waals surface area contributed by atoms with Gasteiger partial charge >= 0.3 is 0 Å². The summed E-state index contributed by atoms with van der Waals surface area (Å²) in [4.78, 5) is 13.7. The Morgan fingerprint density at radius 3 is 2.41 bits per heavy atom. The van der Waals surface area contributed by atoms with Crippen molar-refractivity contribution < 1.29 is 4.74 Å². The average Bonchev–Trinajstić information content (AvgIpc) is 2.74. The highest BCUT2D eigenvalue weighted by molar-refractivity contribution is 5.96. The van der Waals surface area contributed by atoms with E-state index in [1.807, 2.05) is 31.3 Å². The molecule has 27 heavy (non-hydrogen) atoms. The van der Waals surface area contributed by atoms with Gasteiger partial charge in [-0.25, -0.2) is 9.97 Å². The molecule has 5 heteroatoms. The van der Waals surface area contributed by atoms with Crippen molar-refractivity contribution in [2.75, 3.05) is 19.5 Å². The van der Waals surface area contributed by atoms with Gasteiger partial charge in [-0.2, -0.15) is 0 Å². The smallest absolute Gasteiger partial charge is 0.163 e. The lowest BCUT2D eigenvalue weighted by Crippen LogP contribution is -2.00. The van der Waals surface area contributed by atoms with Crippen LogP contribution in [0.4, 0.5) is 5.82 Å². The van der Waals surface area contributed by atoms with Gasteiger partial charge in [-0.05, 0) is 53.9 Å². The van der Waals surface area contributed by atoms with Crippen molar-refractivity contribution in [3.63, 3.8) is 0 Å². The monoisotopic (exact) mass is 356 g/mol. The molecule has 0 atom stereocenters. The second-order valence-corrected chi connectivity index (χ2v) is 6.25. The zero-order valence-electron chi connectivity index (χ0n) is 15.5. The molecule has 0 fully saturated rings. The molecule has 0 saturated heterocycles. The number of ether oxygens (including phenoxy) is 1. The molecule has 4 rings (SSSR count). The van der Waals surface area contributed by atoms with Crippen LogP contribution in [0.25, 0.3) is 33.4 Å². The van der Waals surface area contributed by atoms with Crippen LogP contribution in [0.3, 0.4) is 0 Å². The summed E-state index contributed by atoms with van der Waals surface area (Å²) in [7, 11) is 3.55. The SMILES string of the molecule is CNc1nc(-c2cccnc2)nc2c(C)c(-c3ccc(OC)cc3)ccc12. The molecule has 134 valence electrons. The summed E-state index contributed by atoms with van der Waals surface area (Å²) >= 11 is 0. The van der Waals surface area contributed by atoms with E-state index in [1.54, 1.807) is 19.5 Å². The van der Waals surface area contributed by atoms with E-state index < -0.39 is 0 Å². The highest BCUT2D eigenvalue weighted by Gasteiger charge is 2.13. The molecule has 5 nitrogen and oxygen atoms in total. The molecule has 2 heterocycles. The van der Waals surface area contributed by atoms with Crippen LogP contribution in [0, 0.1) is 6.92 Å². The van der Waals surface area contributed by atoms with Crippen LogP contribution in [-0.4, -0.2) is 29.1 Å². The summed E-state index contributed by atoms with van der Waals surface area (Å²) in [5.41, 5.74) is 5.21. The van der Waals surface area contributed by atoms with Crippen LogP contribution >= 0.6 is 0 Å². The molecule has 0 saturated carbocycles. The van der Waals surface area contributed by atoms with Crippen LogP contribution < -0.4 is 10.1 Å². The Morgan fingerprint density at radius 1 is 0.926 bits per heavy atom. The Kier molecular flexibility index (Phi) is 4.42. The zero-order chi connectivity index (χ0) is 18.8. The quantitative estimate of drug-likeness (QED) is 0.573. The first-order valence-corrected chi connectivity index (χ1v) is 8.75. The molecular weight excluding hydrogens is 336 g/mol. The number of rotatable bonds is 4. The summed E-state index contributed by atoms with van der Waals surface area (Å²) in [6.45, 7) is 2.10. The van der Waals surface area contributed by atoms with E-state index in [-0.39, 0.29) is 0 Å². The third-order valence-corrected chi connectivity index (χ3v) is 4.68. The van der Waals surface area contributed by atoms with Gasteiger partial charge in [0.25, 0.3) is 0 Å². The standard InChI is InChI=1S/C22H20N4O/c1-14-18(15-6-8-17(27-3)9-7-15)10-11-19-20(14)25-21(26-22(19)23-2)16-5-4-12-24-13-16/h4-13H,1-3H3,(H,23,25,26). The number of aromatic nitrogens is 3. The molecule has 2 aromatic carbocycles. The van der Waals surface area contributed by atoms with E-state index in [4.69, 9.17) is 9.72 Å². The minimum absolute atomic E-state index is 0.662. The van der Waals surface area contributed by atoms with E-state index in [1.165, 1.54) is 0 Å². The summed E-state index contributed by atoms with van der Waals surface area (Å²) in [5.74, 6) is 2.31. The molecule has 4 aromatic rings. The van der Waals surface area contributed by atoms with Gasteiger partial charge in [0.1, 0.15) is 11.6 Å². The van der Waals surface area contributed by atoms with E-state index in [0.717, 1.165) is 44.7 Å². The Bertz CT molecular complexity index is 1090. The van der Waals surface area contributed by atoms with E-state index in [0.29, 0.717) is 5.82 Å². The maximum absolute atomic E-state index is 5.27. The van der Waals surface area contributed by atoms with Gasteiger partial charge in [0, 0.05) is 30.4 Å². The molecule has 1 N–H and O–H groups in total. The normalized spacial score (nSPS) is 10.8. The number of fused-ring (bicyclic) bond motifs is 1. The first-order chi connectivity index (χ1) is 13.2. The summed E-state index contributed by atoms with van der Waals surface area (Å²) in [6, 6.07) is 16.1. The lowest BCUT2D eigenvalue weighted by Gasteiger charge is -2.13. The number of nitrogens with zero attached hydrogens (tertiary/aromatic N) is 3. The minimum atomic E-state index is 0.662. The van der Waals surface area contributed by atoms with Gasteiger partial charge in [0.2, 0.25) is 0 Å². The van der Waals surface area contributed by atoms with Crippen LogP contribution in [0.1, 0.15) is 5.56 Å². The van der Waals surface area contributed by atoms with Gasteiger partial charge in [-0.3, -0.25) is 4.98 Å². The molecule has 0 radical (unpaired) electrons. The van der Waals surface area contributed by atoms with E-state index in [2.05, 4.69) is 46.5 Å². The Labute approximate surface area is 158 Å². The molecule has 0 bridgehead atoms. The van der Waals surface area contributed by atoms with Crippen LogP contribution in [0.15, 0.2) is 60.9 Å². The molecule has 2 aromatic heterocycles. The zero-order valence-corrected chi connectivity index (χ0v) is 15.5. The van der Waals surface area contributed by atoms with Crippen LogP contribution in [-0.2, 0) is 0 Å². The Balaban J connectivity index is 1.92. The van der Waals surface area contributed by atoms with Crippen molar-refractivity contribution in [1.29, 1.82) is 0 Å². The van der Waals surface area contributed by atoms with Gasteiger partial charge in [0.05, 0.1) is 12.6 Å². The number of anilines is 1. The molecule has 0 spiro atoms. The fourth-order valence-corrected chi connectivity index (χ4v) is 3.23. The Hall–Kier alpha value is -3.47. The highest BCUT2D eigenvalue weighted by atomic mass is 16.5. The van der Waals surface area contributed by atoms with Crippen molar-refractivity contribution in [1.82, 2.24) is 15.0 Å². The third kappa shape index (κ3) is 3.08. The first-order valence-electron chi connectivity index (χ1n) is 8.75. The molecule has 0 aliphatic carbocycles. The number of aryl methyl sites for hydroxylation is 1. The lowest BCUT2D eigenvalue weighted by atomic mass is 9.97. The van der Waals surface area contributed by atoms with Crippen molar-refractivity contribution >= 4 is 16.7 Å². The second kappa shape index (κ2) is 7.03. The van der Waals surface area contributed by atoms with Gasteiger partial charge < -0.3 is 10.1 Å². The highest BCUT2D eigenvalue weighted by Crippen LogP contribution is 2.33. The van der Waals surface area contributed by atoms with Crippen molar-refractivity contribution in [3.8, 4) is 28.3 Å². The number of nitrogens with one attached hydrogen (secondary N) is 1. The molecule has 0 amide bonds. The largest absolute Gasteiger partial charge is 0.497 e. The fraction of sp³-hybridized carbons (Fsp3) is 0.136. The van der Waals surface area contributed by atoms with Crippen LogP contribution in [0.5, 0.6) is 5.75 Å². The number of benzene rings is 2. The topological polar surface area (TPSA) is 59.9 Å². The number of hydrogen-bond acceptors (Lipinski definition) is 5. The van der Waals surface area contributed by atoms with Gasteiger partial charge in [0.15, 0.2) is 5.82 Å². The number of pyridine rings is 1. The molecular formula is C22H20N4O. The number of hydrogen-bond donors (Lipinski definition) is 1. The molecule has 0 aliphatic heterocycles. The average molecular weight is 356 g/mol. The van der Waals surface area contributed by atoms with E-state index in [9.17, 15) is 0 Å². The maximum Gasteiger partial charge on any atom is 0.163 e. The summed E-state index contributed by atoms with van der Waals surface area (Å²) < 4.78 is 5.27. The van der Waals surface area contributed by atoms with Gasteiger partial charge in [-0.1, -0.05) is 18.2 Å². The van der Waals surface area contributed by atoms with E-state index >= 15 is 0 Å². The predicted octanol–water partition coefficient (Wildman–Crippen LogP) is 4.72. The third-order valence-electron chi connectivity index (χ3n) is 4.68. The molecule has 0 aliphatic rings. The fourth-order valence-electron chi connectivity index (χ4n) is 3.23. The van der Waals surface area contributed by atoms with Crippen molar-refractivity contribution in [2.45, 2.75) is 6.92 Å². The van der Waals surface area contributed by atoms with Gasteiger partial charge in [-0.15, -0.1) is 0 Å². The second-order valence-electron chi connectivity index (χ2n) is 6.25. The maximum atomic E-state index is 5.27. The Morgan fingerprint density at radius 2 is 1.74 bits per heavy atom. The predicted molar refractivity (Wildman–Crippen MR) is 109 cm³/mol. The first kappa shape index (κ1) is 17.0. The molecule has 0 unspecified atom stereocenters. The minimum Gasteiger partial charge on any atom is -0.497 e. The lowest BCUT2D eigenvalue weighted by molar-refractivity contribution is 0.415. The summed E-state index contributed by atoms with van der Waals surface area (Å²) in [6.07, 6.45) is 3.53. The number of methoxy groups -OCH3 is 1. The van der Waals surface area contributed by atoms with Crippen molar-refractivity contribution in [3.05, 3.63) is 66.5 Å². The van der Waals surface area contributed by atoms with Crippen molar-refractivity contribution in [2.24, 2.45) is 0 Å². The van der Waals surface area contributed by atoms with Crippen LogP contribution in [0.2, 0.25) is 0 Å². The summed E-state index contributed by atoms with van der Waals surface area (Å²) in [5, 5.41) is 4.19.